The van der Waals surface area contributed by atoms with Gasteiger partial charge >= 0.3 is 0 Å². The normalized spacial score (nSPS) is 18.2. The number of hydrogen-bond donors (Lipinski definition) is 1. The Morgan fingerprint density at radius 3 is 2.94 bits per heavy atom. The standard InChI is InChI=1S/C14H15N3/c1-10-8-11-4-2-3-5-13(11)17(10)14-9-12(15)6-7-16-14/h2-7,9-10H,8H2,1H3,(H2,15,16). The van der Waals surface area contributed by atoms with Gasteiger partial charge in [-0.15, -0.1) is 0 Å². The zero-order valence-electron chi connectivity index (χ0n) is 9.80. The molecule has 2 aromatic rings. The predicted molar refractivity (Wildman–Crippen MR) is 70.4 cm³/mol. The molecule has 1 atom stereocenters. The number of nitrogen functional groups attached to an aromatic ring is 1. The van der Waals surface area contributed by atoms with Crippen molar-refractivity contribution in [3.05, 3.63) is 48.2 Å². The number of fused-ring (bicyclic) bond motifs is 1. The first kappa shape index (κ1) is 10.1. The van der Waals surface area contributed by atoms with Crippen LogP contribution in [0.5, 0.6) is 0 Å². The van der Waals surface area contributed by atoms with E-state index in [1.54, 1.807) is 6.20 Å². The predicted octanol–water partition coefficient (Wildman–Crippen LogP) is 2.75. The number of hydrogen-bond acceptors (Lipinski definition) is 3. The van der Waals surface area contributed by atoms with Gasteiger partial charge in [0.05, 0.1) is 0 Å². The fourth-order valence-corrected chi connectivity index (χ4v) is 2.48. The van der Waals surface area contributed by atoms with Gasteiger partial charge in [-0.25, -0.2) is 4.98 Å². The molecule has 0 bridgehead atoms. The van der Waals surface area contributed by atoms with Crippen LogP contribution in [-0.2, 0) is 6.42 Å². The third-order valence-electron chi connectivity index (χ3n) is 3.22. The third-order valence-corrected chi connectivity index (χ3v) is 3.22. The van der Waals surface area contributed by atoms with Crippen molar-refractivity contribution in [1.29, 1.82) is 0 Å². The Bertz CT molecular complexity index is 551. The molecule has 2 N–H and O–H groups in total. The fraction of sp³-hybridized carbons (Fsp3) is 0.214. The van der Waals surface area contributed by atoms with E-state index in [1.165, 1.54) is 11.3 Å². The van der Waals surface area contributed by atoms with Gasteiger partial charge in [-0.3, -0.25) is 0 Å². The monoisotopic (exact) mass is 225 g/mol. The summed E-state index contributed by atoms with van der Waals surface area (Å²) in [6.45, 7) is 2.21. The highest BCUT2D eigenvalue weighted by Gasteiger charge is 2.27. The maximum atomic E-state index is 5.82. The summed E-state index contributed by atoms with van der Waals surface area (Å²) in [5.74, 6) is 0.933. The lowest BCUT2D eigenvalue weighted by Gasteiger charge is -2.23. The first-order valence-electron chi connectivity index (χ1n) is 5.84. The summed E-state index contributed by atoms with van der Waals surface area (Å²) < 4.78 is 0. The Kier molecular flexibility index (Phi) is 2.25. The number of nitrogens with two attached hydrogens (primary N) is 1. The Balaban J connectivity index is 2.09. The zero-order valence-corrected chi connectivity index (χ0v) is 9.80. The number of aromatic nitrogens is 1. The molecule has 0 fully saturated rings. The van der Waals surface area contributed by atoms with E-state index in [1.807, 2.05) is 12.1 Å². The molecular weight excluding hydrogens is 210 g/mol. The van der Waals surface area contributed by atoms with Crippen LogP contribution in [0.4, 0.5) is 17.2 Å². The summed E-state index contributed by atoms with van der Waals surface area (Å²) in [7, 11) is 0. The van der Waals surface area contributed by atoms with Crippen LogP contribution >= 0.6 is 0 Å². The average molecular weight is 225 g/mol. The van der Waals surface area contributed by atoms with Crippen molar-refractivity contribution >= 4 is 17.2 Å². The van der Waals surface area contributed by atoms with E-state index in [-0.39, 0.29) is 0 Å². The topological polar surface area (TPSA) is 42.1 Å². The summed E-state index contributed by atoms with van der Waals surface area (Å²) in [4.78, 5) is 6.67. The Labute approximate surface area is 101 Å². The summed E-state index contributed by atoms with van der Waals surface area (Å²) in [5.41, 5.74) is 9.21. The maximum absolute atomic E-state index is 5.82. The first-order valence-corrected chi connectivity index (χ1v) is 5.84. The van der Waals surface area contributed by atoms with Gasteiger partial charge in [0.1, 0.15) is 5.82 Å². The molecule has 1 aliphatic heterocycles. The lowest BCUT2D eigenvalue weighted by molar-refractivity contribution is 0.751. The molecule has 0 aliphatic carbocycles. The Hall–Kier alpha value is -2.03. The molecule has 1 aromatic heterocycles. The first-order chi connectivity index (χ1) is 8.25. The molecule has 0 saturated carbocycles. The maximum Gasteiger partial charge on any atom is 0.135 e. The highest BCUT2D eigenvalue weighted by Crippen LogP contribution is 2.37. The van der Waals surface area contributed by atoms with E-state index in [4.69, 9.17) is 5.73 Å². The largest absolute Gasteiger partial charge is 0.399 e. The molecule has 1 aliphatic rings. The van der Waals surface area contributed by atoms with Gasteiger partial charge in [-0.1, -0.05) is 18.2 Å². The second-order valence-electron chi connectivity index (χ2n) is 4.50. The van der Waals surface area contributed by atoms with Crippen molar-refractivity contribution in [2.45, 2.75) is 19.4 Å². The van der Waals surface area contributed by atoms with Crippen molar-refractivity contribution in [1.82, 2.24) is 4.98 Å². The highest BCUT2D eigenvalue weighted by atomic mass is 15.2. The Morgan fingerprint density at radius 1 is 1.29 bits per heavy atom. The quantitative estimate of drug-likeness (QED) is 0.811. The van der Waals surface area contributed by atoms with E-state index in [0.29, 0.717) is 6.04 Å². The zero-order chi connectivity index (χ0) is 11.8. The van der Waals surface area contributed by atoms with Crippen LogP contribution in [0, 0.1) is 0 Å². The second kappa shape index (κ2) is 3.77. The molecule has 0 radical (unpaired) electrons. The number of rotatable bonds is 1. The molecule has 0 spiro atoms. The lowest BCUT2D eigenvalue weighted by Crippen LogP contribution is -2.24. The van der Waals surface area contributed by atoms with Crippen molar-refractivity contribution in [2.75, 3.05) is 10.6 Å². The number of benzene rings is 1. The van der Waals surface area contributed by atoms with Crippen LogP contribution in [0.25, 0.3) is 0 Å². The molecule has 17 heavy (non-hydrogen) atoms. The summed E-state index contributed by atoms with van der Waals surface area (Å²) in [6, 6.07) is 12.6. The van der Waals surface area contributed by atoms with E-state index in [9.17, 15) is 0 Å². The van der Waals surface area contributed by atoms with Gasteiger partial charge in [0.25, 0.3) is 0 Å². The summed E-state index contributed by atoms with van der Waals surface area (Å²) >= 11 is 0. The minimum atomic E-state index is 0.432. The molecule has 86 valence electrons. The molecular formula is C14H15N3. The Morgan fingerprint density at radius 2 is 2.12 bits per heavy atom. The lowest BCUT2D eigenvalue weighted by atomic mass is 10.1. The van der Waals surface area contributed by atoms with E-state index >= 15 is 0 Å². The molecule has 3 rings (SSSR count). The molecule has 0 amide bonds. The number of pyridine rings is 1. The smallest absolute Gasteiger partial charge is 0.135 e. The van der Waals surface area contributed by atoms with Crippen LogP contribution in [0.1, 0.15) is 12.5 Å². The van der Waals surface area contributed by atoms with Crippen LogP contribution in [0.3, 0.4) is 0 Å². The minimum Gasteiger partial charge on any atom is -0.399 e. The number of para-hydroxylation sites is 1. The van der Waals surface area contributed by atoms with Gasteiger partial charge in [-0.05, 0) is 31.0 Å². The van der Waals surface area contributed by atoms with E-state index in [2.05, 4.69) is 41.1 Å². The number of anilines is 3. The van der Waals surface area contributed by atoms with Crippen LogP contribution in [0.15, 0.2) is 42.6 Å². The summed E-state index contributed by atoms with van der Waals surface area (Å²) in [6.07, 6.45) is 2.82. The summed E-state index contributed by atoms with van der Waals surface area (Å²) in [5, 5.41) is 0. The molecule has 1 unspecified atom stereocenters. The van der Waals surface area contributed by atoms with Crippen molar-refractivity contribution < 1.29 is 0 Å². The van der Waals surface area contributed by atoms with Gasteiger partial charge in [0.15, 0.2) is 0 Å². The second-order valence-corrected chi connectivity index (χ2v) is 4.50. The van der Waals surface area contributed by atoms with Gasteiger partial charge in [0, 0.05) is 29.7 Å². The van der Waals surface area contributed by atoms with Crippen molar-refractivity contribution in [3.8, 4) is 0 Å². The van der Waals surface area contributed by atoms with Crippen molar-refractivity contribution in [3.63, 3.8) is 0 Å². The van der Waals surface area contributed by atoms with Crippen molar-refractivity contribution in [2.24, 2.45) is 0 Å². The number of nitrogens with zero attached hydrogens (tertiary/aromatic N) is 2. The third kappa shape index (κ3) is 1.64. The molecule has 2 heterocycles. The fourth-order valence-electron chi connectivity index (χ4n) is 2.48. The van der Waals surface area contributed by atoms with Gasteiger partial charge in [-0.2, -0.15) is 0 Å². The molecule has 0 saturated heterocycles. The SMILES string of the molecule is CC1Cc2ccccc2N1c1cc(N)ccn1. The van der Waals surface area contributed by atoms with Gasteiger partial charge in [0.2, 0.25) is 0 Å². The highest BCUT2D eigenvalue weighted by molar-refractivity contribution is 5.70. The average Bonchev–Trinajstić information content (AvgIpc) is 2.64. The van der Waals surface area contributed by atoms with Crippen LogP contribution in [-0.4, -0.2) is 11.0 Å². The van der Waals surface area contributed by atoms with E-state index in [0.717, 1.165) is 17.9 Å². The van der Waals surface area contributed by atoms with Crippen LogP contribution in [0.2, 0.25) is 0 Å². The molecule has 3 nitrogen and oxygen atoms in total. The van der Waals surface area contributed by atoms with Crippen LogP contribution < -0.4 is 10.6 Å². The van der Waals surface area contributed by atoms with E-state index < -0.39 is 0 Å². The van der Waals surface area contributed by atoms with Gasteiger partial charge < -0.3 is 10.6 Å². The minimum absolute atomic E-state index is 0.432. The molecule has 3 heteroatoms. The molecule has 1 aromatic carbocycles.